The van der Waals surface area contributed by atoms with Gasteiger partial charge in [-0.3, -0.25) is 0 Å². The molecular formula is C15H21NO. The number of benzene rings is 1. The molecule has 0 aliphatic rings. The van der Waals surface area contributed by atoms with Crippen molar-refractivity contribution in [1.82, 2.24) is 4.57 Å². The Morgan fingerprint density at radius 2 is 2.00 bits per heavy atom. The third-order valence-electron chi connectivity index (χ3n) is 3.16. The fourth-order valence-corrected chi connectivity index (χ4v) is 2.49. The van der Waals surface area contributed by atoms with E-state index in [2.05, 4.69) is 42.8 Å². The molecule has 2 heteroatoms. The van der Waals surface area contributed by atoms with Gasteiger partial charge in [-0.15, -0.1) is 0 Å². The van der Waals surface area contributed by atoms with E-state index in [1.54, 1.807) is 0 Å². The first-order chi connectivity index (χ1) is 7.92. The molecule has 92 valence electrons. The van der Waals surface area contributed by atoms with Gasteiger partial charge in [0.15, 0.2) is 0 Å². The normalized spacial score (nSPS) is 12.3. The Bertz CT molecular complexity index is 532. The average molecular weight is 231 g/mol. The van der Waals surface area contributed by atoms with Crippen molar-refractivity contribution in [3.05, 3.63) is 35.5 Å². The fraction of sp³-hybridized carbons (Fsp3) is 0.467. The van der Waals surface area contributed by atoms with Gasteiger partial charge in [0.2, 0.25) is 0 Å². The maximum absolute atomic E-state index is 9.99. The largest absolute Gasteiger partial charge is 0.390 e. The lowest BCUT2D eigenvalue weighted by Crippen LogP contribution is -2.21. The first kappa shape index (κ1) is 12.2. The van der Waals surface area contributed by atoms with Gasteiger partial charge in [-0.1, -0.05) is 12.1 Å². The second-order valence-corrected chi connectivity index (χ2v) is 5.40. The first-order valence-corrected chi connectivity index (χ1v) is 6.22. The molecule has 2 aromatic rings. The van der Waals surface area contributed by atoms with Gasteiger partial charge >= 0.3 is 0 Å². The van der Waals surface area contributed by atoms with Crippen LogP contribution in [0.2, 0.25) is 0 Å². The summed E-state index contributed by atoms with van der Waals surface area (Å²) >= 11 is 0. The molecule has 1 N–H and O–H groups in total. The van der Waals surface area contributed by atoms with E-state index in [-0.39, 0.29) is 0 Å². The van der Waals surface area contributed by atoms with E-state index in [1.807, 2.05) is 13.8 Å². The summed E-state index contributed by atoms with van der Waals surface area (Å²) in [4.78, 5) is 0. The quantitative estimate of drug-likeness (QED) is 0.861. The number of aliphatic hydroxyl groups is 1. The minimum absolute atomic E-state index is 0.658. The summed E-state index contributed by atoms with van der Waals surface area (Å²) in [7, 11) is 0. The van der Waals surface area contributed by atoms with E-state index in [1.165, 1.54) is 22.0 Å². The zero-order chi connectivity index (χ0) is 12.6. The lowest BCUT2D eigenvalue weighted by molar-refractivity contribution is 0.0813. The molecule has 0 unspecified atom stereocenters. The molecule has 0 saturated carbocycles. The molecule has 0 bridgehead atoms. The predicted molar refractivity (Wildman–Crippen MR) is 72.4 cm³/mol. The maximum Gasteiger partial charge on any atom is 0.0632 e. The smallest absolute Gasteiger partial charge is 0.0632 e. The average Bonchev–Trinajstić information content (AvgIpc) is 2.55. The summed E-state index contributed by atoms with van der Waals surface area (Å²) in [6.07, 6.45) is 2.87. The van der Waals surface area contributed by atoms with Crippen molar-refractivity contribution in [2.45, 2.75) is 46.3 Å². The summed E-state index contributed by atoms with van der Waals surface area (Å²) < 4.78 is 2.25. The number of hydrogen-bond donors (Lipinski definition) is 1. The van der Waals surface area contributed by atoms with Gasteiger partial charge in [-0.25, -0.2) is 0 Å². The molecule has 0 aliphatic carbocycles. The van der Waals surface area contributed by atoms with Crippen LogP contribution in [0.4, 0.5) is 0 Å². The van der Waals surface area contributed by atoms with Crippen LogP contribution in [0.15, 0.2) is 24.4 Å². The van der Waals surface area contributed by atoms with Crippen LogP contribution in [-0.2, 0) is 13.0 Å². The van der Waals surface area contributed by atoms with Gasteiger partial charge < -0.3 is 9.67 Å². The summed E-state index contributed by atoms with van der Waals surface area (Å²) in [5.41, 5.74) is 3.14. The van der Waals surface area contributed by atoms with Gasteiger partial charge in [-0.2, -0.15) is 0 Å². The molecule has 2 nitrogen and oxygen atoms in total. The van der Waals surface area contributed by atoms with Gasteiger partial charge in [0, 0.05) is 30.1 Å². The highest BCUT2D eigenvalue weighted by Gasteiger charge is 2.18. The van der Waals surface area contributed by atoms with E-state index in [0.29, 0.717) is 6.42 Å². The molecule has 1 aromatic carbocycles. The summed E-state index contributed by atoms with van der Waals surface area (Å²) in [6.45, 7) is 8.97. The third kappa shape index (κ3) is 2.37. The first-order valence-electron chi connectivity index (χ1n) is 6.22. The number of hydrogen-bond acceptors (Lipinski definition) is 1. The number of nitrogens with zero attached hydrogens (tertiary/aromatic N) is 1. The van der Waals surface area contributed by atoms with Crippen molar-refractivity contribution in [2.24, 2.45) is 0 Å². The van der Waals surface area contributed by atoms with Gasteiger partial charge in [0.05, 0.1) is 5.60 Å². The van der Waals surface area contributed by atoms with Gasteiger partial charge in [0.25, 0.3) is 0 Å². The minimum Gasteiger partial charge on any atom is -0.390 e. The highest BCUT2D eigenvalue weighted by Crippen LogP contribution is 2.27. The van der Waals surface area contributed by atoms with Crippen LogP contribution in [0.25, 0.3) is 10.9 Å². The Hall–Kier alpha value is -1.28. The Balaban J connectivity index is 2.63. The van der Waals surface area contributed by atoms with Crippen LogP contribution >= 0.6 is 0 Å². The molecule has 0 fully saturated rings. The molecule has 0 aliphatic heterocycles. The van der Waals surface area contributed by atoms with Crippen LogP contribution in [0.5, 0.6) is 0 Å². The lowest BCUT2D eigenvalue weighted by atomic mass is 9.97. The van der Waals surface area contributed by atoms with Crippen molar-refractivity contribution in [1.29, 1.82) is 0 Å². The molecule has 0 atom stereocenters. The number of fused-ring (bicyclic) bond motifs is 1. The Morgan fingerprint density at radius 1 is 1.29 bits per heavy atom. The van der Waals surface area contributed by atoms with Crippen LogP contribution in [0.3, 0.4) is 0 Å². The monoisotopic (exact) mass is 231 g/mol. The predicted octanol–water partition coefficient (Wildman–Crippen LogP) is 3.28. The Kier molecular flexibility index (Phi) is 3.00. The standard InChI is InChI=1S/C15H21NO/c1-5-16-10-12(9-15(3,4)17)14-11(2)7-6-8-13(14)16/h6-8,10,17H,5,9H2,1-4H3. The maximum atomic E-state index is 9.99. The van der Waals surface area contributed by atoms with Crippen molar-refractivity contribution >= 4 is 10.9 Å². The van der Waals surface area contributed by atoms with Crippen LogP contribution < -0.4 is 0 Å². The van der Waals surface area contributed by atoms with Crippen molar-refractivity contribution in [3.63, 3.8) is 0 Å². The fourth-order valence-electron chi connectivity index (χ4n) is 2.49. The highest BCUT2D eigenvalue weighted by molar-refractivity contribution is 5.87. The number of rotatable bonds is 3. The lowest BCUT2D eigenvalue weighted by Gasteiger charge is -2.16. The van der Waals surface area contributed by atoms with E-state index in [9.17, 15) is 5.11 Å². The van der Waals surface area contributed by atoms with Crippen molar-refractivity contribution in [2.75, 3.05) is 0 Å². The molecule has 1 aromatic heterocycles. The molecule has 0 spiro atoms. The highest BCUT2D eigenvalue weighted by atomic mass is 16.3. The number of aryl methyl sites for hydroxylation is 2. The topological polar surface area (TPSA) is 25.2 Å². The number of aromatic nitrogens is 1. The Morgan fingerprint density at radius 3 is 2.59 bits per heavy atom. The molecule has 2 rings (SSSR count). The summed E-state index contributed by atoms with van der Waals surface area (Å²) in [6, 6.07) is 6.38. The summed E-state index contributed by atoms with van der Waals surface area (Å²) in [5.74, 6) is 0. The van der Waals surface area contributed by atoms with Crippen molar-refractivity contribution in [3.8, 4) is 0 Å². The minimum atomic E-state index is -0.658. The molecule has 0 radical (unpaired) electrons. The second kappa shape index (κ2) is 4.19. The van der Waals surface area contributed by atoms with Crippen molar-refractivity contribution < 1.29 is 5.11 Å². The van der Waals surface area contributed by atoms with Crippen LogP contribution in [0, 0.1) is 6.92 Å². The molecule has 0 amide bonds. The van der Waals surface area contributed by atoms with Crippen LogP contribution in [-0.4, -0.2) is 15.3 Å². The van der Waals surface area contributed by atoms with E-state index < -0.39 is 5.60 Å². The molecule has 0 saturated heterocycles. The van der Waals surface area contributed by atoms with Crippen LogP contribution in [0.1, 0.15) is 31.9 Å². The molecule has 17 heavy (non-hydrogen) atoms. The Labute approximate surface area is 103 Å². The zero-order valence-corrected chi connectivity index (χ0v) is 11.1. The van der Waals surface area contributed by atoms with E-state index in [4.69, 9.17) is 0 Å². The van der Waals surface area contributed by atoms with Gasteiger partial charge in [-0.05, 0) is 44.9 Å². The zero-order valence-electron chi connectivity index (χ0n) is 11.1. The van der Waals surface area contributed by atoms with E-state index >= 15 is 0 Å². The second-order valence-electron chi connectivity index (χ2n) is 5.40. The summed E-state index contributed by atoms with van der Waals surface area (Å²) in [5, 5.41) is 11.3. The van der Waals surface area contributed by atoms with E-state index in [0.717, 1.165) is 6.54 Å². The van der Waals surface area contributed by atoms with Gasteiger partial charge in [0.1, 0.15) is 0 Å². The molecular weight excluding hydrogens is 210 g/mol. The third-order valence-corrected chi connectivity index (χ3v) is 3.16. The molecule has 1 heterocycles. The SMILES string of the molecule is CCn1cc(CC(C)(C)O)c2c(C)cccc21.